The van der Waals surface area contributed by atoms with Crippen LogP contribution in [0.2, 0.25) is 0 Å². The van der Waals surface area contributed by atoms with Crippen molar-refractivity contribution in [2.45, 2.75) is 0 Å². The lowest BCUT2D eigenvalue weighted by Gasteiger charge is -2.02. The van der Waals surface area contributed by atoms with Crippen molar-refractivity contribution in [3.05, 3.63) is 67.1 Å². The first kappa shape index (κ1) is 9.85. The molecule has 0 aliphatic rings. The van der Waals surface area contributed by atoms with E-state index in [1.165, 1.54) is 11.1 Å². The number of benzene rings is 2. The van der Waals surface area contributed by atoms with Crippen molar-refractivity contribution in [1.29, 1.82) is 0 Å². The standard InChI is InChI=1S/C15H12N2/c1-2-4-12(5-3-1)13-6-8-14(9-7-13)15-10-16-11-17-15/h1-11H,(H,16,17). The van der Waals surface area contributed by atoms with Crippen LogP contribution in [0.5, 0.6) is 0 Å². The first-order valence-electron chi connectivity index (χ1n) is 5.58. The number of aromatic amines is 1. The lowest BCUT2D eigenvalue weighted by Crippen LogP contribution is -1.79. The summed E-state index contributed by atoms with van der Waals surface area (Å²) in [6.07, 6.45) is 3.53. The summed E-state index contributed by atoms with van der Waals surface area (Å²) >= 11 is 0. The van der Waals surface area contributed by atoms with Crippen molar-refractivity contribution >= 4 is 0 Å². The Kier molecular flexibility index (Phi) is 2.47. The van der Waals surface area contributed by atoms with Crippen molar-refractivity contribution in [3.8, 4) is 22.4 Å². The lowest BCUT2D eigenvalue weighted by molar-refractivity contribution is 1.31. The van der Waals surface area contributed by atoms with E-state index in [-0.39, 0.29) is 0 Å². The van der Waals surface area contributed by atoms with E-state index < -0.39 is 0 Å². The molecule has 0 radical (unpaired) electrons. The minimum absolute atomic E-state index is 1.05. The molecule has 3 aromatic rings. The first-order chi connectivity index (χ1) is 8.43. The summed E-state index contributed by atoms with van der Waals surface area (Å²) in [7, 11) is 0. The fraction of sp³-hybridized carbons (Fsp3) is 0. The molecule has 2 heteroatoms. The van der Waals surface area contributed by atoms with Crippen LogP contribution in [0.1, 0.15) is 0 Å². The van der Waals surface area contributed by atoms with Gasteiger partial charge in [-0.1, -0.05) is 54.6 Å². The molecule has 0 aliphatic heterocycles. The molecule has 0 amide bonds. The molecule has 0 fully saturated rings. The van der Waals surface area contributed by atoms with Gasteiger partial charge in [-0.3, -0.25) is 0 Å². The second-order valence-corrected chi connectivity index (χ2v) is 3.91. The van der Waals surface area contributed by atoms with E-state index >= 15 is 0 Å². The van der Waals surface area contributed by atoms with Crippen LogP contribution in [0.15, 0.2) is 67.1 Å². The second-order valence-electron chi connectivity index (χ2n) is 3.91. The molecule has 0 saturated carbocycles. The summed E-state index contributed by atoms with van der Waals surface area (Å²) in [6, 6.07) is 18.8. The molecular weight excluding hydrogens is 208 g/mol. The number of imidazole rings is 1. The second kappa shape index (κ2) is 4.26. The molecule has 1 heterocycles. The first-order valence-corrected chi connectivity index (χ1v) is 5.58. The van der Waals surface area contributed by atoms with E-state index in [0.29, 0.717) is 0 Å². The molecule has 0 spiro atoms. The summed E-state index contributed by atoms with van der Waals surface area (Å²) in [5, 5.41) is 0. The third kappa shape index (κ3) is 1.97. The molecule has 0 atom stereocenters. The highest BCUT2D eigenvalue weighted by Gasteiger charge is 2.00. The molecule has 2 aromatic carbocycles. The Bertz CT molecular complexity index is 581. The Balaban J connectivity index is 1.96. The summed E-state index contributed by atoms with van der Waals surface area (Å²) in [5.41, 5.74) is 4.67. The molecule has 1 aromatic heterocycles. The molecule has 0 unspecified atom stereocenters. The topological polar surface area (TPSA) is 28.7 Å². The zero-order valence-corrected chi connectivity index (χ0v) is 9.30. The van der Waals surface area contributed by atoms with Crippen molar-refractivity contribution in [1.82, 2.24) is 9.97 Å². The quantitative estimate of drug-likeness (QED) is 0.700. The van der Waals surface area contributed by atoms with Gasteiger partial charge in [-0.15, -0.1) is 0 Å². The van der Waals surface area contributed by atoms with E-state index in [0.717, 1.165) is 11.3 Å². The van der Waals surface area contributed by atoms with Crippen LogP contribution in [0.3, 0.4) is 0 Å². The largest absolute Gasteiger partial charge is 0.345 e. The summed E-state index contributed by atoms with van der Waals surface area (Å²) < 4.78 is 0. The molecule has 0 bridgehead atoms. The minimum Gasteiger partial charge on any atom is -0.345 e. The van der Waals surface area contributed by atoms with Crippen LogP contribution in [0.25, 0.3) is 22.4 Å². The van der Waals surface area contributed by atoms with Crippen molar-refractivity contribution in [2.24, 2.45) is 0 Å². The average molecular weight is 220 g/mol. The van der Waals surface area contributed by atoms with Crippen LogP contribution in [-0.4, -0.2) is 9.97 Å². The van der Waals surface area contributed by atoms with Crippen molar-refractivity contribution in [2.75, 3.05) is 0 Å². The van der Waals surface area contributed by atoms with E-state index in [1.807, 2.05) is 12.3 Å². The van der Waals surface area contributed by atoms with Gasteiger partial charge < -0.3 is 4.98 Å². The molecule has 0 saturated heterocycles. The third-order valence-corrected chi connectivity index (χ3v) is 2.80. The van der Waals surface area contributed by atoms with Crippen LogP contribution in [-0.2, 0) is 0 Å². The molecule has 3 rings (SSSR count). The number of nitrogens with one attached hydrogen (secondary N) is 1. The van der Waals surface area contributed by atoms with Gasteiger partial charge in [0, 0.05) is 0 Å². The Labute approximate surface area is 100.0 Å². The van der Waals surface area contributed by atoms with Gasteiger partial charge in [-0.25, -0.2) is 4.98 Å². The van der Waals surface area contributed by atoms with Gasteiger partial charge in [-0.05, 0) is 16.7 Å². The van der Waals surface area contributed by atoms with E-state index in [1.54, 1.807) is 6.33 Å². The number of hydrogen-bond donors (Lipinski definition) is 1. The Morgan fingerprint density at radius 3 is 2.00 bits per heavy atom. The summed E-state index contributed by atoms with van der Waals surface area (Å²) in [6.45, 7) is 0. The van der Waals surface area contributed by atoms with Gasteiger partial charge in [0.05, 0.1) is 18.2 Å². The maximum absolute atomic E-state index is 4.02. The molecule has 17 heavy (non-hydrogen) atoms. The third-order valence-electron chi connectivity index (χ3n) is 2.80. The smallest absolute Gasteiger partial charge is 0.0924 e. The minimum atomic E-state index is 1.05. The molecule has 0 aliphatic carbocycles. The van der Waals surface area contributed by atoms with Gasteiger partial charge in [0.2, 0.25) is 0 Å². The summed E-state index contributed by atoms with van der Waals surface area (Å²) in [4.78, 5) is 7.13. The van der Waals surface area contributed by atoms with Gasteiger partial charge in [0.1, 0.15) is 0 Å². The zero-order valence-electron chi connectivity index (χ0n) is 9.30. The van der Waals surface area contributed by atoms with E-state index in [9.17, 15) is 0 Å². The van der Waals surface area contributed by atoms with Crippen LogP contribution in [0.4, 0.5) is 0 Å². The SMILES string of the molecule is c1ccc(-c2ccc(-c3cnc[nH]3)cc2)cc1. The maximum Gasteiger partial charge on any atom is 0.0924 e. The van der Waals surface area contributed by atoms with Crippen LogP contribution >= 0.6 is 0 Å². The van der Waals surface area contributed by atoms with Crippen LogP contribution in [0, 0.1) is 0 Å². The van der Waals surface area contributed by atoms with Crippen LogP contribution < -0.4 is 0 Å². The van der Waals surface area contributed by atoms with E-state index in [4.69, 9.17) is 0 Å². The Morgan fingerprint density at radius 2 is 1.35 bits per heavy atom. The molecule has 82 valence electrons. The molecular formula is C15H12N2. The van der Waals surface area contributed by atoms with E-state index in [2.05, 4.69) is 58.5 Å². The Morgan fingerprint density at radius 1 is 0.706 bits per heavy atom. The highest BCUT2D eigenvalue weighted by Crippen LogP contribution is 2.23. The number of H-pyrrole nitrogens is 1. The summed E-state index contributed by atoms with van der Waals surface area (Å²) in [5.74, 6) is 0. The number of hydrogen-bond acceptors (Lipinski definition) is 1. The van der Waals surface area contributed by atoms with Crippen molar-refractivity contribution < 1.29 is 0 Å². The maximum atomic E-state index is 4.02. The average Bonchev–Trinajstić information content (AvgIpc) is 2.94. The molecule has 1 N–H and O–H groups in total. The number of nitrogens with zero attached hydrogens (tertiary/aromatic N) is 1. The fourth-order valence-electron chi connectivity index (χ4n) is 1.89. The van der Waals surface area contributed by atoms with Gasteiger partial charge >= 0.3 is 0 Å². The van der Waals surface area contributed by atoms with Gasteiger partial charge in [-0.2, -0.15) is 0 Å². The normalized spacial score (nSPS) is 10.4. The van der Waals surface area contributed by atoms with Crippen molar-refractivity contribution in [3.63, 3.8) is 0 Å². The van der Waals surface area contributed by atoms with Gasteiger partial charge in [0.15, 0.2) is 0 Å². The highest BCUT2D eigenvalue weighted by molar-refractivity contribution is 5.68. The van der Waals surface area contributed by atoms with Gasteiger partial charge in [0.25, 0.3) is 0 Å². The monoisotopic (exact) mass is 220 g/mol. The number of rotatable bonds is 2. The number of aromatic nitrogens is 2. The Hall–Kier alpha value is -2.35. The predicted molar refractivity (Wildman–Crippen MR) is 69.5 cm³/mol. The highest BCUT2D eigenvalue weighted by atomic mass is 14.9. The fourth-order valence-corrected chi connectivity index (χ4v) is 1.89. The molecule has 2 nitrogen and oxygen atoms in total. The lowest BCUT2D eigenvalue weighted by atomic mass is 10.0. The predicted octanol–water partition coefficient (Wildman–Crippen LogP) is 3.74. The zero-order chi connectivity index (χ0) is 11.5.